The van der Waals surface area contributed by atoms with Crippen molar-refractivity contribution in [2.24, 2.45) is 0 Å². The molecule has 3 nitrogen and oxygen atoms in total. The number of carbonyl (C=O) groups is 1. The number of aromatic amines is 1. The Morgan fingerprint density at radius 3 is 2.65 bits per heavy atom. The predicted molar refractivity (Wildman–Crippen MR) is 97.5 cm³/mol. The van der Waals surface area contributed by atoms with Crippen LogP contribution in [0, 0.1) is 11.6 Å². The Morgan fingerprint density at radius 1 is 1.15 bits per heavy atom. The van der Waals surface area contributed by atoms with E-state index in [0.29, 0.717) is 13.1 Å². The Kier molecular flexibility index (Phi) is 4.41. The van der Waals surface area contributed by atoms with Gasteiger partial charge < -0.3 is 9.88 Å². The van der Waals surface area contributed by atoms with Crippen molar-refractivity contribution < 1.29 is 13.6 Å². The summed E-state index contributed by atoms with van der Waals surface area (Å²) in [6.45, 7) is 1.06. The average Bonchev–Trinajstić information content (AvgIpc) is 3.04. The summed E-state index contributed by atoms with van der Waals surface area (Å²) in [6, 6.07) is 8.98. The van der Waals surface area contributed by atoms with E-state index in [0.717, 1.165) is 29.3 Å². The van der Waals surface area contributed by atoms with Gasteiger partial charge in [0, 0.05) is 30.2 Å². The largest absolute Gasteiger partial charge is 0.361 e. The summed E-state index contributed by atoms with van der Waals surface area (Å²) in [6.07, 6.45) is 3.45. The lowest BCUT2D eigenvalue weighted by molar-refractivity contribution is 0.0709. The molecule has 1 aliphatic heterocycles. The molecular formula is C20H17ClF2N2O. The van der Waals surface area contributed by atoms with E-state index in [9.17, 15) is 13.6 Å². The maximum atomic E-state index is 14.0. The molecule has 0 atom stereocenters. The highest BCUT2D eigenvalue weighted by Crippen LogP contribution is 2.34. The number of likely N-dealkylation sites (tertiary alicyclic amines) is 1. The molecule has 0 unspecified atom stereocenters. The zero-order valence-corrected chi connectivity index (χ0v) is 14.7. The molecule has 1 aromatic heterocycles. The highest BCUT2D eigenvalue weighted by molar-refractivity contribution is 6.33. The lowest BCUT2D eigenvalue weighted by atomic mass is 9.89. The highest BCUT2D eigenvalue weighted by Gasteiger charge is 2.28. The number of hydrogen-bond donors (Lipinski definition) is 1. The number of halogens is 3. The van der Waals surface area contributed by atoms with Gasteiger partial charge in [0.1, 0.15) is 11.6 Å². The van der Waals surface area contributed by atoms with Crippen molar-refractivity contribution >= 4 is 28.4 Å². The van der Waals surface area contributed by atoms with Gasteiger partial charge in [0.2, 0.25) is 0 Å². The Morgan fingerprint density at radius 2 is 1.92 bits per heavy atom. The summed E-state index contributed by atoms with van der Waals surface area (Å²) < 4.78 is 27.3. The van der Waals surface area contributed by atoms with Gasteiger partial charge in [-0.1, -0.05) is 17.7 Å². The molecule has 0 radical (unpaired) electrons. The summed E-state index contributed by atoms with van der Waals surface area (Å²) in [5.41, 5.74) is 1.85. The molecule has 1 aliphatic rings. The molecule has 0 aliphatic carbocycles. The molecule has 0 bridgehead atoms. The first-order chi connectivity index (χ1) is 12.5. The molecule has 1 saturated heterocycles. The molecule has 1 N–H and O–H groups in total. The molecule has 2 heterocycles. The number of hydrogen-bond acceptors (Lipinski definition) is 1. The molecule has 3 aromatic rings. The van der Waals surface area contributed by atoms with Crippen LogP contribution in [0.2, 0.25) is 5.02 Å². The number of carbonyl (C=O) groups excluding carboxylic acids is 1. The lowest BCUT2D eigenvalue weighted by Crippen LogP contribution is -2.38. The van der Waals surface area contributed by atoms with Crippen molar-refractivity contribution in [2.45, 2.75) is 18.8 Å². The first-order valence-corrected chi connectivity index (χ1v) is 8.92. The molecule has 1 amide bonds. The molecule has 1 fully saturated rings. The molecule has 4 rings (SSSR count). The number of benzene rings is 2. The second-order valence-corrected chi connectivity index (χ2v) is 7.00. The van der Waals surface area contributed by atoms with Crippen molar-refractivity contribution in [3.63, 3.8) is 0 Å². The number of aromatic nitrogens is 1. The molecule has 2 aromatic carbocycles. The van der Waals surface area contributed by atoms with E-state index in [1.165, 1.54) is 30.3 Å². The smallest absolute Gasteiger partial charge is 0.258 e. The van der Waals surface area contributed by atoms with E-state index >= 15 is 0 Å². The lowest BCUT2D eigenvalue weighted by Gasteiger charge is -2.32. The fraction of sp³-hybridized carbons (Fsp3) is 0.250. The number of piperidine rings is 1. The second kappa shape index (κ2) is 6.72. The number of fused-ring (bicyclic) bond motifs is 1. The third kappa shape index (κ3) is 2.97. The SMILES string of the molecule is O=C(c1c(F)cccc1Cl)N1CCC(c2c[nH]c3cc(F)ccc23)CC1. The van der Waals surface area contributed by atoms with Gasteiger partial charge in [-0.2, -0.15) is 0 Å². The van der Waals surface area contributed by atoms with Crippen molar-refractivity contribution in [1.29, 1.82) is 0 Å². The monoisotopic (exact) mass is 374 g/mol. The maximum Gasteiger partial charge on any atom is 0.258 e. The minimum atomic E-state index is -0.594. The van der Waals surface area contributed by atoms with Gasteiger partial charge in [-0.05, 0) is 54.7 Å². The van der Waals surface area contributed by atoms with Crippen LogP contribution in [0.5, 0.6) is 0 Å². The van der Waals surface area contributed by atoms with Crippen LogP contribution >= 0.6 is 11.6 Å². The summed E-state index contributed by atoms with van der Waals surface area (Å²) in [5, 5.41) is 1.14. The Balaban J connectivity index is 1.51. The molecule has 0 saturated carbocycles. The number of rotatable bonds is 2. The number of nitrogens with one attached hydrogen (secondary N) is 1. The Hall–Kier alpha value is -2.40. The van der Waals surface area contributed by atoms with Gasteiger partial charge in [0.25, 0.3) is 5.91 Å². The van der Waals surface area contributed by atoms with Crippen LogP contribution in [0.1, 0.15) is 34.7 Å². The van der Waals surface area contributed by atoms with Gasteiger partial charge in [0.15, 0.2) is 0 Å². The quantitative estimate of drug-likeness (QED) is 0.664. The summed E-state index contributed by atoms with van der Waals surface area (Å²) in [7, 11) is 0. The first kappa shape index (κ1) is 17.0. The fourth-order valence-corrected chi connectivity index (χ4v) is 3.96. The number of amides is 1. The van der Waals surface area contributed by atoms with Gasteiger partial charge in [-0.15, -0.1) is 0 Å². The fourth-order valence-electron chi connectivity index (χ4n) is 3.71. The molecule has 134 valence electrons. The van der Waals surface area contributed by atoms with E-state index in [2.05, 4.69) is 4.98 Å². The molecule has 0 spiro atoms. The van der Waals surface area contributed by atoms with E-state index in [-0.39, 0.29) is 28.2 Å². The maximum absolute atomic E-state index is 14.0. The zero-order valence-electron chi connectivity index (χ0n) is 13.9. The summed E-state index contributed by atoms with van der Waals surface area (Å²) in [4.78, 5) is 17.4. The second-order valence-electron chi connectivity index (χ2n) is 6.60. The third-order valence-electron chi connectivity index (χ3n) is 5.07. The van der Waals surface area contributed by atoms with E-state index in [4.69, 9.17) is 11.6 Å². The van der Waals surface area contributed by atoms with Crippen LogP contribution in [-0.4, -0.2) is 28.9 Å². The number of H-pyrrole nitrogens is 1. The minimum absolute atomic E-state index is 0.0600. The summed E-state index contributed by atoms with van der Waals surface area (Å²) >= 11 is 6.01. The molecular weight excluding hydrogens is 358 g/mol. The van der Waals surface area contributed by atoms with Gasteiger partial charge in [0.05, 0.1) is 10.6 Å². The van der Waals surface area contributed by atoms with Gasteiger partial charge in [-0.3, -0.25) is 4.79 Å². The van der Waals surface area contributed by atoms with Crippen molar-refractivity contribution in [1.82, 2.24) is 9.88 Å². The van der Waals surface area contributed by atoms with Crippen LogP contribution in [0.25, 0.3) is 10.9 Å². The molecule has 6 heteroatoms. The topological polar surface area (TPSA) is 36.1 Å². The Labute approximate surface area is 154 Å². The van der Waals surface area contributed by atoms with Crippen LogP contribution < -0.4 is 0 Å². The van der Waals surface area contributed by atoms with E-state index < -0.39 is 5.82 Å². The van der Waals surface area contributed by atoms with Crippen molar-refractivity contribution in [3.8, 4) is 0 Å². The minimum Gasteiger partial charge on any atom is -0.361 e. The van der Waals surface area contributed by atoms with Crippen LogP contribution in [0.4, 0.5) is 8.78 Å². The van der Waals surface area contributed by atoms with E-state index in [1.807, 2.05) is 6.20 Å². The zero-order chi connectivity index (χ0) is 18.3. The normalized spacial score (nSPS) is 15.6. The first-order valence-electron chi connectivity index (χ1n) is 8.54. The van der Waals surface area contributed by atoms with E-state index in [1.54, 1.807) is 11.0 Å². The molecule has 26 heavy (non-hydrogen) atoms. The van der Waals surface area contributed by atoms with Crippen LogP contribution in [0.3, 0.4) is 0 Å². The van der Waals surface area contributed by atoms with Crippen LogP contribution in [-0.2, 0) is 0 Å². The van der Waals surface area contributed by atoms with Gasteiger partial charge in [-0.25, -0.2) is 8.78 Å². The number of nitrogens with zero attached hydrogens (tertiary/aromatic N) is 1. The van der Waals surface area contributed by atoms with Gasteiger partial charge >= 0.3 is 0 Å². The third-order valence-corrected chi connectivity index (χ3v) is 5.39. The standard InChI is InChI=1S/C20H17ClF2N2O/c21-16-2-1-3-17(23)19(16)20(26)25-8-6-12(7-9-25)15-11-24-18-10-13(22)4-5-14(15)18/h1-5,10-12,24H,6-9H2. The van der Waals surface area contributed by atoms with Crippen LogP contribution in [0.15, 0.2) is 42.6 Å². The predicted octanol–water partition coefficient (Wildman–Crippen LogP) is 5.12. The van der Waals surface area contributed by atoms with Crippen molar-refractivity contribution in [3.05, 3.63) is 70.4 Å². The summed E-state index contributed by atoms with van der Waals surface area (Å²) in [5.74, 6) is -0.960. The Bertz CT molecular complexity index is 957. The highest BCUT2D eigenvalue weighted by atomic mass is 35.5. The van der Waals surface area contributed by atoms with Crippen molar-refractivity contribution in [2.75, 3.05) is 13.1 Å². The average molecular weight is 375 g/mol.